The summed E-state index contributed by atoms with van der Waals surface area (Å²) in [5.74, 6) is 0.389. The van der Waals surface area contributed by atoms with Crippen LogP contribution in [0.4, 0.5) is 5.13 Å². The first-order valence-electron chi connectivity index (χ1n) is 8.29. The second-order valence-electron chi connectivity index (χ2n) is 5.71. The SMILES string of the molecule is COc1ccc(-c2csc(NC(=S)NC(=O)C=Cc3ccc(Cl)cc3Cl)n2)cc1. The fraction of sp³-hybridized carbons (Fsp3) is 0.0500. The van der Waals surface area contributed by atoms with Gasteiger partial charge in [0.15, 0.2) is 10.2 Å². The van der Waals surface area contributed by atoms with Crippen molar-refractivity contribution < 1.29 is 9.53 Å². The van der Waals surface area contributed by atoms with Crippen molar-refractivity contribution in [3.8, 4) is 17.0 Å². The summed E-state index contributed by atoms with van der Waals surface area (Å²) in [6.07, 6.45) is 2.93. The van der Waals surface area contributed by atoms with E-state index in [4.69, 9.17) is 40.2 Å². The van der Waals surface area contributed by atoms with E-state index in [1.54, 1.807) is 31.4 Å². The summed E-state index contributed by atoms with van der Waals surface area (Å²) in [6.45, 7) is 0. The van der Waals surface area contributed by atoms with Crippen LogP contribution in [-0.2, 0) is 4.79 Å². The number of ether oxygens (including phenoxy) is 1. The van der Waals surface area contributed by atoms with Crippen LogP contribution in [0.1, 0.15) is 5.56 Å². The summed E-state index contributed by atoms with van der Waals surface area (Å²) >= 11 is 18.5. The molecular formula is C20H15Cl2N3O2S2. The number of hydrogen-bond donors (Lipinski definition) is 2. The van der Waals surface area contributed by atoms with Gasteiger partial charge in [-0.1, -0.05) is 29.3 Å². The standard InChI is InChI=1S/C20H15Cl2N3O2S2/c1-27-15-7-3-13(4-8-15)17-11-29-20(23-17)25-19(28)24-18(26)9-5-12-2-6-14(21)10-16(12)22/h2-11H,1H3,(H2,23,24,25,26,28). The maximum Gasteiger partial charge on any atom is 0.250 e. The Morgan fingerprint density at radius 2 is 1.97 bits per heavy atom. The van der Waals surface area contributed by atoms with E-state index >= 15 is 0 Å². The molecule has 2 aromatic carbocycles. The van der Waals surface area contributed by atoms with Crippen molar-refractivity contribution in [1.82, 2.24) is 10.3 Å². The van der Waals surface area contributed by atoms with Crippen molar-refractivity contribution in [2.45, 2.75) is 0 Å². The van der Waals surface area contributed by atoms with E-state index in [0.29, 0.717) is 20.7 Å². The Morgan fingerprint density at radius 3 is 2.66 bits per heavy atom. The average Bonchev–Trinajstić information content (AvgIpc) is 3.15. The Labute approximate surface area is 187 Å². The van der Waals surface area contributed by atoms with Crippen molar-refractivity contribution in [1.29, 1.82) is 0 Å². The number of hydrogen-bond acceptors (Lipinski definition) is 5. The number of nitrogens with one attached hydrogen (secondary N) is 2. The van der Waals surface area contributed by atoms with Crippen molar-refractivity contribution in [2.75, 3.05) is 12.4 Å². The number of benzene rings is 2. The molecule has 0 aliphatic carbocycles. The van der Waals surface area contributed by atoms with E-state index in [1.807, 2.05) is 29.6 Å². The van der Waals surface area contributed by atoms with Gasteiger partial charge in [-0.3, -0.25) is 10.1 Å². The molecule has 148 valence electrons. The lowest BCUT2D eigenvalue weighted by molar-refractivity contribution is -0.115. The summed E-state index contributed by atoms with van der Waals surface area (Å²) < 4.78 is 5.15. The van der Waals surface area contributed by atoms with Gasteiger partial charge in [-0.15, -0.1) is 11.3 Å². The first kappa shape index (κ1) is 21.3. The first-order valence-corrected chi connectivity index (χ1v) is 10.3. The van der Waals surface area contributed by atoms with Crippen LogP contribution >= 0.6 is 46.8 Å². The molecule has 1 aromatic heterocycles. The highest BCUT2D eigenvalue weighted by molar-refractivity contribution is 7.80. The van der Waals surface area contributed by atoms with Crippen LogP contribution < -0.4 is 15.4 Å². The van der Waals surface area contributed by atoms with Gasteiger partial charge in [0.25, 0.3) is 0 Å². The highest BCUT2D eigenvalue weighted by Crippen LogP contribution is 2.26. The number of thiazole rings is 1. The van der Waals surface area contributed by atoms with Crippen molar-refractivity contribution in [3.63, 3.8) is 0 Å². The molecule has 1 heterocycles. The number of anilines is 1. The van der Waals surface area contributed by atoms with Crippen LogP contribution in [0.2, 0.25) is 10.0 Å². The van der Waals surface area contributed by atoms with E-state index in [1.165, 1.54) is 17.4 Å². The van der Waals surface area contributed by atoms with Gasteiger partial charge >= 0.3 is 0 Å². The molecule has 0 saturated carbocycles. The quantitative estimate of drug-likeness (QED) is 0.377. The molecule has 9 heteroatoms. The van der Waals surface area contributed by atoms with Crippen molar-refractivity contribution in [2.24, 2.45) is 0 Å². The number of thiocarbonyl (C=S) groups is 1. The smallest absolute Gasteiger partial charge is 0.250 e. The summed E-state index contributed by atoms with van der Waals surface area (Å²) in [6, 6.07) is 12.6. The van der Waals surface area contributed by atoms with Crippen molar-refractivity contribution >= 4 is 69.0 Å². The van der Waals surface area contributed by atoms with Gasteiger partial charge in [0.1, 0.15) is 5.75 Å². The predicted molar refractivity (Wildman–Crippen MR) is 124 cm³/mol. The maximum atomic E-state index is 12.1. The van der Waals surface area contributed by atoms with Crippen LogP contribution in [-0.4, -0.2) is 23.1 Å². The van der Waals surface area contributed by atoms with E-state index in [-0.39, 0.29) is 11.0 Å². The van der Waals surface area contributed by atoms with Crippen LogP contribution in [0, 0.1) is 0 Å². The van der Waals surface area contributed by atoms with Gasteiger partial charge < -0.3 is 10.1 Å². The number of aromatic nitrogens is 1. The zero-order valence-corrected chi connectivity index (χ0v) is 18.3. The lowest BCUT2D eigenvalue weighted by Crippen LogP contribution is -2.32. The lowest BCUT2D eigenvalue weighted by Gasteiger charge is -2.05. The first-order chi connectivity index (χ1) is 13.9. The highest BCUT2D eigenvalue weighted by Gasteiger charge is 2.08. The summed E-state index contributed by atoms with van der Waals surface area (Å²) in [5, 5.41) is 9.08. The number of amides is 1. The molecule has 3 aromatic rings. The van der Waals surface area contributed by atoms with Crippen molar-refractivity contribution in [3.05, 3.63) is 69.5 Å². The minimum absolute atomic E-state index is 0.150. The van der Waals surface area contributed by atoms with Crippen LogP contribution in [0.5, 0.6) is 5.75 Å². The largest absolute Gasteiger partial charge is 0.497 e. The number of methoxy groups -OCH3 is 1. The molecule has 5 nitrogen and oxygen atoms in total. The summed E-state index contributed by atoms with van der Waals surface area (Å²) in [5.41, 5.74) is 2.42. The van der Waals surface area contributed by atoms with Gasteiger partial charge in [0.2, 0.25) is 5.91 Å². The number of carbonyl (C=O) groups is 1. The molecule has 0 unspecified atom stereocenters. The van der Waals surface area contributed by atoms with Gasteiger partial charge in [-0.2, -0.15) is 0 Å². The van der Waals surface area contributed by atoms with Gasteiger partial charge in [0.05, 0.1) is 12.8 Å². The Kier molecular flexibility index (Phi) is 7.22. The highest BCUT2D eigenvalue weighted by atomic mass is 35.5. The molecular weight excluding hydrogens is 449 g/mol. The molecule has 0 spiro atoms. The van der Waals surface area contributed by atoms with E-state index in [0.717, 1.165) is 17.0 Å². The van der Waals surface area contributed by atoms with Gasteiger partial charge in [0, 0.05) is 27.1 Å². The van der Waals surface area contributed by atoms with E-state index in [9.17, 15) is 4.79 Å². The fourth-order valence-corrected chi connectivity index (χ4v) is 3.77. The summed E-state index contributed by atoms with van der Waals surface area (Å²) in [7, 11) is 1.62. The molecule has 0 aliphatic rings. The zero-order chi connectivity index (χ0) is 20.8. The molecule has 3 rings (SSSR count). The minimum Gasteiger partial charge on any atom is -0.497 e. The predicted octanol–water partition coefficient (Wildman–Crippen LogP) is 5.65. The Balaban J connectivity index is 1.57. The Bertz CT molecular complexity index is 1070. The fourth-order valence-electron chi connectivity index (χ4n) is 2.31. The second kappa shape index (κ2) is 9.84. The third-order valence-corrected chi connectivity index (χ3v) is 5.25. The molecule has 0 radical (unpaired) electrons. The molecule has 0 saturated heterocycles. The monoisotopic (exact) mass is 463 g/mol. The molecule has 0 fully saturated rings. The molecule has 0 atom stereocenters. The lowest BCUT2D eigenvalue weighted by atomic mass is 10.2. The number of carbonyl (C=O) groups excluding carboxylic acids is 1. The number of halogens is 2. The molecule has 0 bridgehead atoms. The molecule has 1 amide bonds. The maximum absolute atomic E-state index is 12.1. The number of rotatable bonds is 5. The van der Waals surface area contributed by atoms with E-state index < -0.39 is 0 Å². The van der Waals surface area contributed by atoms with Gasteiger partial charge in [-0.05, 0) is 60.3 Å². The average molecular weight is 464 g/mol. The second-order valence-corrected chi connectivity index (χ2v) is 7.82. The zero-order valence-electron chi connectivity index (χ0n) is 15.1. The normalized spacial score (nSPS) is 10.7. The molecule has 0 aliphatic heterocycles. The minimum atomic E-state index is -0.388. The Hall–Kier alpha value is -2.45. The van der Waals surface area contributed by atoms with Crippen LogP contribution in [0.3, 0.4) is 0 Å². The molecule has 29 heavy (non-hydrogen) atoms. The Morgan fingerprint density at radius 1 is 1.21 bits per heavy atom. The van der Waals surface area contributed by atoms with Crippen LogP contribution in [0.15, 0.2) is 53.9 Å². The van der Waals surface area contributed by atoms with Gasteiger partial charge in [-0.25, -0.2) is 4.98 Å². The topological polar surface area (TPSA) is 63.2 Å². The summed E-state index contributed by atoms with van der Waals surface area (Å²) in [4.78, 5) is 16.5. The van der Waals surface area contributed by atoms with E-state index in [2.05, 4.69) is 15.6 Å². The third-order valence-electron chi connectivity index (χ3n) is 3.72. The third kappa shape index (κ3) is 6.01. The molecule has 2 N–H and O–H groups in total. The number of nitrogens with zero attached hydrogens (tertiary/aromatic N) is 1. The van der Waals surface area contributed by atoms with Crippen LogP contribution in [0.25, 0.3) is 17.3 Å².